The highest BCUT2D eigenvalue weighted by atomic mass is 16.1. The Balaban J connectivity index is 2.45. The van der Waals surface area contributed by atoms with Crippen LogP contribution in [0.4, 0.5) is 0 Å². The van der Waals surface area contributed by atoms with Gasteiger partial charge in [-0.2, -0.15) is 0 Å². The zero-order valence-corrected chi connectivity index (χ0v) is 9.38. The van der Waals surface area contributed by atoms with Gasteiger partial charge in [-0.15, -0.1) is 0 Å². The number of aryl methyl sites for hydroxylation is 1. The first-order valence-corrected chi connectivity index (χ1v) is 5.23. The summed E-state index contributed by atoms with van der Waals surface area (Å²) >= 11 is 0. The van der Waals surface area contributed by atoms with Gasteiger partial charge in [0.05, 0.1) is 0 Å². The Hall–Kier alpha value is -2.29. The third kappa shape index (κ3) is 2.28. The number of carbonyl (C=O) groups excluding carboxylic acids is 2. The number of pyridine rings is 1. The molecule has 0 spiro atoms. The van der Waals surface area contributed by atoms with Crippen LogP contribution in [0.3, 0.4) is 0 Å². The molecule has 0 aliphatic heterocycles. The lowest BCUT2D eigenvalue weighted by molar-refractivity contribution is 0.111. The maximum atomic E-state index is 10.6. The number of hydrogen-bond donors (Lipinski definition) is 0. The Bertz CT molecular complexity index is 559. The van der Waals surface area contributed by atoms with E-state index in [9.17, 15) is 9.59 Å². The van der Waals surface area contributed by atoms with Crippen molar-refractivity contribution >= 4 is 12.6 Å². The first-order chi connectivity index (χ1) is 8.24. The van der Waals surface area contributed by atoms with E-state index in [2.05, 4.69) is 4.98 Å². The van der Waals surface area contributed by atoms with E-state index in [1.54, 1.807) is 18.2 Å². The van der Waals surface area contributed by atoms with E-state index < -0.39 is 0 Å². The normalized spacial score (nSPS) is 9.94. The quantitative estimate of drug-likeness (QED) is 0.754. The van der Waals surface area contributed by atoms with Crippen LogP contribution >= 0.6 is 0 Å². The smallest absolute Gasteiger partial charge is 0.168 e. The Morgan fingerprint density at radius 2 is 1.65 bits per heavy atom. The number of hydrogen-bond acceptors (Lipinski definition) is 3. The Morgan fingerprint density at radius 3 is 2.18 bits per heavy atom. The summed E-state index contributed by atoms with van der Waals surface area (Å²) in [4.78, 5) is 25.3. The fraction of sp³-hybridized carbons (Fsp3) is 0.0714. The maximum Gasteiger partial charge on any atom is 0.168 e. The lowest BCUT2D eigenvalue weighted by Gasteiger charge is -2.05. The molecule has 0 bridgehead atoms. The van der Waals surface area contributed by atoms with E-state index >= 15 is 0 Å². The molecular formula is C14H11NO2. The van der Waals surface area contributed by atoms with Crippen LogP contribution in [0.15, 0.2) is 36.4 Å². The average molecular weight is 225 g/mol. The van der Waals surface area contributed by atoms with E-state index in [0.29, 0.717) is 11.3 Å². The number of carbonyl (C=O) groups is 2. The van der Waals surface area contributed by atoms with Crippen molar-refractivity contribution in [2.45, 2.75) is 6.92 Å². The van der Waals surface area contributed by atoms with Gasteiger partial charge in [0.1, 0.15) is 12.0 Å². The molecule has 0 fully saturated rings. The Labute approximate surface area is 99.1 Å². The van der Waals surface area contributed by atoms with Gasteiger partial charge >= 0.3 is 0 Å². The van der Waals surface area contributed by atoms with Gasteiger partial charge in [-0.05, 0) is 18.6 Å². The third-order valence-electron chi connectivity index (χ3n) is 2.59. The summed E-state index contributed by atoms with van der Waals surface area (Å²) in [5, 5.41) is 0. The van der Waals surface area contributed by atoms with Crippen molar-refractivity contribution in [2.24, 2.45) is 0 Å². The van der Waals surface area contributed by atoms with Gasteiger partial charge in [0.15, 0.2) is 6.29 Å². The van der Waals surface area contributed by atoms with Gasteiger partial charge < -0.3 is 0 Å². The van der Waals surface area contributed by atoms with Crippen LogP contribution in [0.2, 0.25) is 0 Å². The lowest BCUT2D eigenvalue weighted by atomic mass is 10.0. The average Bonchev–Trinajstić information content (AvgIpc) is 2.39. The van der Waals surface area contributed by atoms with Gasteiger partial charge in [0, 0.05) is 16.8 Å². The summed E-state index contributed by atoms with van der Waals surface area (Å²) in [5.74, 6) is 0. The van der Waals surface area contributed by atoms with Crippen LogP contribution in [-0.4, -0.2) is 17.6 Å². The number of nitrogens with zero attached hydrogens (tertiary/aromatic N) is 1. The van der Waals surface area contributed by atoms with Gasteiger partial charge in [-0.1, -0.05) is 30.3 Å². The second kappa shape index (κ2) is 4.70. The molecule has 0 N–H and O–H groups in total. The molecule has 1 aromatic heterocycles. The van der Waals surface area contributed by atoms with Crippen LogP contribution in [0.25, 0.3) is 11.1 Å². The third-order valence-corrected chi connectivity index (χ3v) is 2.59. The summed E-state index contributed by atoms with van der Waals surface area (Å²) < 4.78 is 0. The molecule has 0 atom stereocenters. The van der Waals surface area contributed by atoms with E-state index in [-0.39, 0.29) is 0 Å². The van der Waals surface area contributed by atoms with E-state index in [1.807, 2.05) is 25.1 Å². The van der Waals surface area contributed by atoms with E-state index in [1.165, 1.54) is 0 Å². The first-order valence-electron chi connectivity index (χ1n) is 5.23. The van der Waals surface area contributed by atoms with Crippen molar-refractivity contribution in [3.63, 3.8) is 0 Å². The standard InChI is InChI=1S/C14H11NO2/c1-10-14(7-6-13(9-17)15-10)12-4-2-11(8-16)3-5-12/h2-9H,1H3. The van der Waals surface area contributed by atoms with Gasteiger partial charge in [-0.25, -0.2) is 4.98 Å². The second-order valence-corrected chi connectivity index (χ2v) is 3.73. The fourth-order valence-corrected chi connectivity index (χ4v) is 1.69. The van der Waals surface area contributed by atoms with Crippen molar-refractivity contribution in [1.29, 1.82) is 0 Å². The molecule has 1 heterocycles. The van der Waals surface area contributed by atoms with Crippen molar-refractivity contribution < 1.29 is 9.59 Å². The van der Waals surface area contributed by atoms with Crippen molar-refractivity contribution in [1.82, 2.24) is 4.98 Å². The van der Waals surface area contributed by atoms with Crippen LogP contribution in [0, 0.1) is 6.92 Å². The lowest BCUT2D eigenvalue weighted by Crippen LogP contribution is -1.93. The fourth-order valence-electron chi connectivity index (χ4n) is 1.69. The SMILES string of the molecule is Cc1nc(C=O)ccc1-c1ccc(C=O)cc1. The topological polar surface area (TPSA) is 47.0 Å². The number of aldehydes is 2. The molecule has 3 heteroatoms. The highest BCUT2D eigenvalue weighted by molar-refractivity contribution is 5.78. The van der Waals surface area contributed by atoms with Gasteiger partial charge in [-0.3, -0.25) is 9.59 Å². The predicted molar refractivity (Wildman–Crippen MR) is 65.2 cm³/mol. The predicted octanol–water partition coefficient (Wildman–Crippen LogP) is 2.68. The molecule has 0 radical (unpaired) electrons. The second-order valence-electron chi connectivity index (χ2n) is 3.73. The minimum absolute atomic E-state index is 0.427. The molecule has 2 rings (SSSR count). The molecule has 84 valence electrons. The minimum atomic E-state index is 0.427. The maximum absolute atomic E-state index is 10.6. The molecule has 0 aliphatic carbocycles. The monoisotopic (exact) mass is 225 g/mol. The molecule has 0 saturated heterocycles. The van der Waals surface area contributed by atoms with Crippen LogP contribution in [0.1, 0.15) is 26.5 Å². The molecule has 17 heavy (non-hydrogen) atoms. The highest BCUT2D eigenvalue weighted by Crippen LogP contribution is 2.22. The highest BCUT2D eigenvalue weighted by Gasteiger charge is 2.04. The van der Waals surface area contributed by atoms with Crippen molar-refractivity contribution in [3.8, 4) is 11.1 Å². The molecule has 2 aromatic rings. The summed E-state index contributed by atoms with van der Waals surface area (Å²) in [7, 11) is 0. The zero-order chi connectivity index (χ0) is 12.3. The molecule has 0 unspecified atom stereocenters. The van der Waals surface area contributed by atoms with Crippen molar-refractivity contribution in [2.75, 3.05) is 0 Å². The van der Waals surface area contributed by atoms with Crippen LogP contribution < -0.4 is 0 Å². The summed E-state index contributed by atoms with van der Waals surface area (Å²) in [6.07, 6.45) is 1.54. The number of rotatable bonds is 3. The Morgan fingerprint density at radius 1 is 0.941 bits per heavy atom. The van der Waals surface area contributed by atoms with E-state index in [0.717, 1.165) is 29.4 Å². The molecule has 1 aromatic carbocycles. The Kier molecular flexibility index (Phi) is 3.10. The molecule has 0 saturated carbocycles. The molecule has 0 aliphatic rings. The summed E-state index contributed by atoms with van der Waals surface area (Å²) in [6, 6.07) is 10.8. The van der Waals surface area contributed by atoms with Crippen molar-refractivity contribution in [3.05, 3.63) is 53.3 Å². The molecule has 0 amide bonds. The number of aromatic nitrogens is 1. The first kappa shape index (κ1) is 11.2. The molecule has 3 nitrogen and oxygen atoms in total. The van der Waals surface area contributed by atoms with E-state index in [4.69, 9.17) is 0 Å². The van der Waals surface area contributed by atoms with Crippen LogP contribution in [0.5, 0.6) is 0 Å². The largest absolute Gasteiger partial charge is 0.298 e. The van der Waals surface area contributed by atoms with Gasteiger partial charge in [0.25, 0.3) is 0 Å². The van der Waals surface area contributed by atoms with Gasteiger partial charge in [0.2, 0.25) is 0 Å². The molecular weight excluding hydrogens is 214 g/mol. The summed E-state index contributed by atoms with van der Waals surface area (Å²) in [5.41, 5.74) is 3.82. The zero-order valence-electron chi connectivity index (χ0n) is 9.38. The summed E-state index contributed by atoms with van der Waals surface area (Å²) in [6.45, 7) is 1.86. The van der Waals surface area contributed by atoms with Crippen LogP contribution in [-0.2, 0) is 0 Å². The minimum Gasteiger partial charge on any atom is -0.298 e. The number of benzene rings is 1.